The van der Waals surface area contributed by atoms with Gasteiger partial charge >= 0.3 is 0 Å². The summed E-state index contributed by atoms with van der Waals surface area (Å²) in [5, 5.41) is 9.31. The molecule has 1 aromatic carbocycles. The Kier molecular flexibility index (Phi) is 5.71. The van der Waals surface area contributed by atoms with Gasteiger partial charge in [0.25, 0.3) is 5.91 Å². The van der Waals surface area contributed by atoms with Gasteiger partial charge in [-0.15, -0.1) is 0 Å². The highest BCUT2D eigenvalue weighted by atomic mass is 16.5. The van der Waals surface area contributed by atoms with Gasteiger partial charge in [0.1, 0.15) is 5.75 Å². The van der Waals surface area contributed by atoms with E-state index in [9.17, 15) is 9.90 Å². The molecule has 0 saturated carbocycles. The first-order valence-electron chi connectivity index (χ1n) is 7.53. The lowest BCUT2D eigenvalue weighted by atomic mass is 10.1. The number of para-hydroxylation sites is 1. The minimum atomic E-state index is -0.144. The first-order valence-corrected chi connectivity index (χ1v) is 7.53. The predicted molar refractivity (Wildman–Crippen MR) is 88.5 cm³/mol. The summed E-state index contributed by atoms with van der Waals surface area (Å²) in [6, 6.07) is 11.2. The highest BCUT2D eigenvalue weighted by Crippen LogP contribution is 2.20. The molecule has 1 N–H and O–H groups in total. The fraction of sp³-hybridized carbons (Fsp3) is 0.333. The van der Waals surface area contributed by atoms with Crippen LogP contribution < -0.4 is 4.74 Å². The number of hydrogen-bond donors (Lipinski definition) is 1. The second kappa shape index (κ2) is 7.74. The van der Waals surface area contributed by atoms with E-state index in [-0.39, 0.29) is 19.1 Å². The van der Waals surface area contributed by atoms with Gasteiger partial charge in [-0.05, 0) is 32.0 Å². The molecule has 0 fully saturated rings. The van der Waals surface area contributed by atoms with Gasteiger partial charge in [-0.3, -0.25) is 9.78 Å². The summed E-state index contributed by atoms with van der Waals surface area (Å²) < 4.78 is 5.34. The van der Waals surface area contributed by atoms with Gasteiger partial charge in [0.15, 0.2) is 0 Å². The minimum Gasteiger partial charge on any atom is -0.496 e. The summed E-state index contributed by atoms with van der Waals surface area (Å²) >= 11 is 0. The van der Waals surface area contributed by atoms with E-state index in [1.807, 2.05) is 44.2 Å². The zero-order chi connectivity index (χ0) is 16.8. The number of aliphatic hydroxyl groups is 1. The summed E-state index contributed by atoms with van der Waals surface area (Å²) in [7, 11) is 1.60. The van der Waals surface area contributed by atoms with Crippen molar-refractivity contribution in [1.29, 1.82) is 0 Å². The van der Waals surface area contributed by atoms with E-state index >= 15 is 0 Å². The number of aryl methyl sites for hydroxylation is 2. The van der Waals surface area contributed by atoms with E-state index < -0.39 is 0 Å². The van der Waals surface area contributed by atoms with Crippen molar-refractivity contribution in [1.82, 2.24) is 9.88 Å². The molecule has 0 bridgehead atoms. The molecule has 0 spiro atoms. The summed E-state index contributed by atoms with van der Waals surface area (Å²) in [5.41, 5.74) is 3.02. The standard InChI is InChI=1S/C18H22N2O3/c1-13-8-9-16(14(2)19-13)18(22)20(10-11-21)12-15-6-4-5-7-17(15)23-3/h4-9,21H,10-12H2,1-3H3. The van der Waals surface area contributed by atoms with Gasteiger partial charge in [-0.2, -0.15) is 0 Å². The number of amides is 1. The van der Waals surface area contributed by atoms with Crippen LogP contribution in [0.4, 0.5) is 0 Å². The van der Waals surface area contributed by atoms with E-state index in [1.54, 1.807) is 18.1 Å². The third kappa shape index (κ3) is 4.07. The second-order valence-corrected chi connectivity index (χ2v) is 5.35. The molecule has 0 atom stereocenters. The lowest BCUT2D eigenvalue weighted by molar-refractivity contribution is 0.0705. The molecule has 1 heterocycles. The van der Waals surface area contributed by atoms with Crippen LogP contribution in [0.3, 0.4) is 0 Å². The van der Waals surface area contributed by atoms with Gasteiger partial charge in [-0.1, -0.05) is 18.2 Å². The molecule has 5 nitrogen and oxygen atoms in total. The van der Waals surface area contributed by atoms with Crippen LogP contribution in [0.5, 0.6) is 5.75 Å². The minimum absolute atomic E-state index is 0.0980. The first-order chi connectivity index (χ1) is 11.1. The van der Waals surface area contributed by atoms with Crippen LogP contribution in [0, 0.1) is 13.8 Å². The average molecular weight is 314 g/mol. The maximum Gasteiger partial charge on any atom is 0.256 e. The number of hydrogen-bond acceptors (Lipinski definition) is 4. The van der Waals surface area contributed by atoms with Crippen molar-refractivity contribution in [3.8, 4) is 5.75 Å². The molecule has 23 heavy (non-hydrogen) atoms. The molecule has 2 rings (SSSR count). The summed E-state index contributed by atoms with van der Waals surface area (Å²) in [6.45, 7) is 4.24. The lowest BCUT2D eigenvalue weighted by Gasteiger charge is -2.23. The molecule has 1 amide bonds. The van der Waals surface area contributed by atoms with E-state index in [0.717, 1.165) is 17.0 Å². The smallest absolute Gasteiger partial charge is 0.256 e. The fourth-order valence-corrected chi connectivity index (χ4v) is 2.50. The van der Waals surface area contributed by atoms with Gasteiger partial charge in [-0.25, -0.2) is 0 Å². The SMILES string of the molecule is COc1ccccc1CN(CCO)C(=O)c1ccc(C)nc1C. The van der Waals surface area contributed by atoms with Crippen LogP contribution >= 0.6 is 0 Å². The summed E-state index contributed by atoms with van der Waals surface area (Å²) in [6.07, 6.45) is 0. The Hall–Kier alpha value is -2.40. The number of carbonyl (C=O) groups is 1. The van der Waals surface area contributed by atoms with Crippen molar-refractivity contribution in [2.45, 2.75) is 20.4 Å². The summed E-state index contributed by atoms with van der Waals surface area (Å²) in [5.74, 6) is 0.581. The third-order valence-corrected chi connectivity index (χ3v) is 3.67. The largest absolute Gasteiger partial charge is 0.496 e. The molecular formula is C18H22N2O3. The average Bonchev–Trinajstić information content (AvgIpc) is 2.54. The Balaban J connectivity index is 2.28. The zero-order valence-electron chi connectivity index (χ0n) is 13.7. The van der Waals surface area contributed by atoms with Crippen LogP contribution in [0.2, 0.25) is 0 Å². The second-order valence-electron chi connectivity index (χ2n) is 5.35. The molecule has 2 aromatic rings. The van der Waals surface area contributed by atoms with Crippen molar-refractivity contribution in [2.24, 2.45) is 0 Å². The number of benzene rings is 1. The van der Waals surface area contributed by atoms with E-state index in [1.165, 1.54) is 0 Å². The van der Waals surface area contributed by atoms with Crippen molar-refractivity contribution in [2.75, 3.05) is 20.3 Å². The van der Waals surface area contributed by atoms with Crippen LogP contribution in [0.15, 0.2) is 36.4 Å². The van der Waals surface area contributed by atoms with Crippen molar-refractivity contribution in [3.05, 3.63) is 58.9 Å². The molecule has 0 aliphatic carbocycles. The topological polar surface area (TPSA) is 62.7 Å². The number of carbonyl (C=O) groups excluding carboxylic acids is 1. The number of nitrogens with zero attached hydrogens (tertiary/aromatic N) is 2. The quantitative estimate of drug-likeness (QED) is 0.889. The molecule has 0 aliphatic rings. The van der Waals surface area contributed by atoms with Gasteiger partial charge in [0.2, 0.25) is 0 Å². The molecule has 0 aliphatic heterocycles. The Labute approximate surface area is 136 Å². The Morgan fingerprint density at radius 1 is 1.22 bits per heavy atom. The fourth-order valence-electron chi connectivity index (χ4n) is 2.50. The number of pyridine rings is 1. The van der Waals surface area contributed by atoms with E-state index in [2.05, 4.69) is 4.98 Å². The first kappa shape index (κ1) is 17.0. The number of methoxy groups -OCH3 is 1. The van der Waals surface area contributed by atoms with E-state index in [0.29, 0.717) is 17.8 Å². The van der Waals surface area contributed by atoms with Crippen molar-refractivity contribution < 1.29 is 14.6 Å². The van der Waals surface area contributed by atoms with Crippen molar-refractivity contribution >= 4 is 5.91 Å². The molecule has 0 saturated heterocycles. The van der Waals surface area contributed by atoms with Crippen LogP contribution in [-0.4, -0.2) is 41.2 Å². The highest BCUT2D eigenvalue weighted by Gasteiger charge is 2.19. The van der Waals surface area contributed by atoms with Crippen LogP contribution in [0.1, 0.15) is 27.3 Å². The highest BCUT2D eigenvalue weighted by molar-refractivity contribution is 5.95. The Morgan fingerprint density at radius 2 is 1.96 bits per heavy atom. The predicted octanol–water partition coefficient (Wildman–Crippen LogP) is 2.34. The third-order valence-electron chi connectivity index (χ3n) is 3.67. The van der Waals surface area contributed by atoms with E-state index in [4.69, 9.17) is 4.74 Å². The molecule has 5 heteroatoms. The number of rotatable bonds is 6. The maximum atomic E-state index is 12.8. The molecule has 0 radical (unpaired) electrons. The lowest BCUT2D eigenvalue weighted by Crippen LogP contribution is -2.33. The van der Waals surface area contributed by atoms with Crippen LogP contribution in [-0.2, 0) is 6.54 Å². The normalized spacial score (nSPS) is 10.4. The zero-order valence-corrected chi connectivity index (χ0v) is 13.7. The molecule has 1 aromatic heterocycles. The van der Waals surface area contributed by atoms with Gasteiger partial charge in [0.05, 0.1) is 25.0 Å². The van der Waals surface area contributed by atoms with Gasteiger partial charge in [0, 0.05) is 24.3 Å². The molecule has 0 unspecified atom stereocenters. The molecular weight excluding hydrogens is 292 g/mol. The summed E-state index contributed by atoms with van der Waals surface area (Å²) in [4.78, 5) is 18.8. The molecule has 122 valence electrons. The Morgan fingerprint density at radius 3 is 2.61 bits per heavy atom. The van der Waals surface area contributed by atoms with Gasteiger partial charge < -0.3 is 14.7 Å². The monoisotopic (exact) mass is 314 g/mol. The van der Waals surface area contributed by atoms with Crippen molar-refractivity contribution in [3.63, 3.8) is 0 Å². The number of aliphatic hydroxyl groups excluding tert-OH is 1. The number of aromatic nitrogens is 1. The van der Waals surface area contributed by atoms with Crippen LogP contribution in [0.25, 0.3) is 0 Å². The Bertz CT molecular complexity index is 686. The maximum absolute atomic E-state index is 12.8. The number of ether oxygens (including phenoxy) is 1.